The number of para-hydroxylation sites is 1. The maximum Gasteiger partial charge on any atom is 0.267 e. The van der Waals surface area contributed by atoms with Crippen LogP contribution in [0.2, 0.25) is 0 Å². The fourth-order valence-corrected chi connectivity index (χ4v) is 2.04. The molecule has 0 spiro atoms. The number of carbonyl (C=O) groups excluding carboxylic acids is 1. The minimum absolute atomic E-state index is 0.0148. The second-order valence-corrected chi connectivity index (χ2v) is 4.78. The SMILES string of the molecule is CCN(/C=C(/C#N)C(=O)Nc1cccc(O)c1)c1ccccc1. The molecule has 2 rings (SSSR count). The van der Waals surface area contributed by atoms with Crippen molar-refractivity contribution in [2.75, 3.05) is 16.8 Å². The highest BCUT2D eigenvalue weighted by atomic mass is 16.3. The Bertz CT molecular complexity index is 748. The molecule has 2 N–H and O–H groups in total. The third-order valence-electron chi connectivity index (χ3n) is 3.18. The topological polar surface area (TPSA) is 76.4 Å². The number of benzene rings is 2. The van der Waals surface area contributed by atoms with E-state index in [1.807, 2.05) is 48.2 Å². The van der Waals surface area contributed by atoms with Gasteiger partial charge in [0.25, 0.3) is 5.91 Å². The average Bonchev–Trinajstić information content (AvgIpc) is 2.56. The molecule has 0 fully saturated rings. The lowest BCUT2D eigenvalue weighted by atomic mass is 10.2. The zero-order chi connectivity index (χ0) is 16.7. The normalized spacial score (nSPS) is 10.7. The van der Waals surface area contributed by atoms with E-state index in [2.05, 4.69) is 5.32 Å². The molecule has 0 saturated carbocycles. The Morgan fingerprint density at radius 2 is 2.00 bits per heavy atom. The van der Waals surface area contributed by atoms with E-state index in [1.165, 1.54) is 18.3 Å². The second-order valence-electron chi connectivity index (χ2n) is 4.78. The van der Waals surface area contributed by atoms with Crippen LogP contribution in [0.3, 0.4) is 0 Å². The van der Waals surface area contributed by atoms with E-state index in [9.17, 15) is 15.2 Å². The van der Waals surface area contributed by atoms with Crippen LogP contribution >= 0.6 is 0 Å². The number of carbonyl (C=O) groups is 1. The second kappa shape index (κ2) is 7.66. The average molecular weight is 307 g/mol. The Kier molecular flexibility index (Phi) is 5.37. The maximum atomic E-state index is 12.2. The summed E-state index contributed by atoms with van der Waals surface area (Å²) in [5.41, 5.74) is 1.31. The number of anilines is 2. The minimum Gasteiger partial charge on any atom is -0.508 e. The Hall–Kier alpha value is -3.26. The monoisotopic (exact) mass is 307 g/mol. The van der Waals surface area contributed by atoms with Gasteiger partial charge >= 0.3 is 0 Å². The molecular weight excluding hydrogens is 290 g/mol. The van der Waals surface area contributed by atoms with Gasteiger partial charge in [0.15, 0.2) is 0 Å². The van der Waals surface area contributed by atoms with E-state index in [0.29, 0.717) is 12.2 Å². The summed E-state index contributed by atoms with van der Waals surface area (Å²) < 4.78 is 0. The quantitative estimate of drug-likeness (QED) is 0.656. The molecule has 0 saturated heterocycles. The third-order valence-corrected chi connectivity index (χ3v) is 3.18. The van der Waals surface area contributed by atoms with Gasteiger partial charge in [0, 0.05) is 30.2 Å². The lowest BCUT2D eigenvalue weighted by Crippen LogP contribution is -2.20. The van der Waals surface area contributed by atoms with Gasteiger partial charge in [-0.25, -0.2) is 0 Å². The molecule has 1 amide bonds. The van der Waals surface area contributed by atoms with Crippen LogP contribution in [0.1, 0.15) is 6.92 Å². The van der Waals surface area contributed by atoms with E-state index in [4.69, 9.17) is 0 Å². The molecule has 116 valence electrons. The number of phenols is 1. The Morgan fingerprint density at radius 1 is 1.26 bits per heavy atom. The zero-order valence-electron chi connectivity index (χ0n) is 12.7. The largest absolute Gasteiger partial charge is 0.508 e. The van der Waals surface area contributed by atoms with Crippen molar-refractivity contribution in [2.24, 2.45) is 0 Å². The molecule has 0 aliphatic rings. The minimum atomic E-state index is -0.521. The van der Waals surface area contributed by atoms with Crippen molar-refractivity contribution in [3.63, 3.8) is 0 Å². The molecule has 0 radical (unpaired) electrons. The highest BCUT2D eigenvalue weighted by Crippen LogP contribution is 2.17. The zero-order valence-corrected chi connectivity index (χ0v) is 12.7. The van der Waals surface area contributed by atoms with Gasteiger partial charge in [-0.1, -0.05) is 24.3 Å². The molecule has 0 bridgehead atoms. The van der Waals surface area contributed by atoms with Crippen molar-refractivity contribution >= 4 is 17.3 Å². The van der Waals surface area contributed by atoms with E-state index in [0.717, 1.165) is 5.69 Å². The molecule has 5 nitrogen and oxygen atoms in total. The molecule has 2 aromatic carbocycles. The van der Waals surface area contributed by atoms with Crippen molar-refractivity contribution in [1.82, 2.24) is 0 Å². The number of hydrogen-bond donors (Lipinski definition) is 2. The van der Waals surface area contributed by atoms with Crippen molar-refractivity contribution in [3.8, 4) is 11.8 Å². The first-order valence-corrected chi connectivity index (χ1v) is 7.18. The summed E-state index contributed by atoms with van der Waals surface area (Å²) in [5, 5.41) is 21.3. The third kappa shape index (κ3) is 4.35. The molecule has 0 aromatic heterocycles. The van der Waals surface area contributed by atoms with Crippen LogP contribution in [-0.4, -0.2) is 17.6 Å². The standard InChI is InChI=1S/C18H17N3O2/c1-2-21(16-8-4-3-5-9-16)13-14(12-19)18(23)20-15-7-6-10-17(22)11-15/h3-11,13,22H,2H2,1H3,(H,20,23)/b14-13-. The maximum absolute atomic E-state index is 12.2. The van der Waals surface area contributed by atoms with Crippen LogP contribution < -0.4 is 10.2 Å². The Morgan fingerprint density at radius 3 is 2.61 bits per heavy atom. The number of aromatic hydroxyl groups is 1. The summed E-state index contributed by atoms with van der Waals surface area (Å²) in [5.74, 6) is -0.475. The van der Waals surface area contributed by atoms with Crippen LogP contribution in [0.15, 0.2) is 66.4 Å². The molecule has 0 aliphatic heterocycles. The number of hydrogen-bond acceptors (Lipinski definition) is 4. The molecular formula is C18H17N3O2. The molecule has 0 heterocycles. The van der Waals surface area contributed by atoms with Crippen molar-refractivity contribution in [2.45, 2.75) is 6.92 Å². The summed E-state index contributed by atoms with van der Waals surface area (Å²) in [6, 6.07) is 17.6. The summed E-state index contributed by atoms with van der Waals surface area (Å²) in [4.78, 5) is 14.0. The van der Waals surface area contributed by atoms with Gasteiger partial charge in [-0.05, 0) is 31.2 Å². The summed E-state index contributed by atoms with van der Waals surface area (Å²) in [7, 11) is 0. The van der Waals surface area contributed by atoms with Gasteiger partial charge in [-0.2, -0.15) is 5.26 Å². The van der Waals surface area contributed by atoms with Crippen molar-refractivity contribution in [3.05, 3.63) is 66.4 Å². The van der Waals surface area contributed by atoms with Gasteiger partial charge in [-0.15, -0.1) is 0 Å². The molecule has 2 aromatic rings. The van der Waals surface area contributed by atoms with Crippen LogP contribution in [-0.2, 0) is 4.79 Å². The van der Waals surface area contributed by atoms with Crippen LogP contribution in [0.25, 0.3) is 0 Å². The predicted molar refractivity (Wildman–Crippen MR) is 89.9 cm³/mol. The van der Waals surface area contributed by atoms with Gasteiger partial charge < -0.3 is 15.3 Å². The molecule has 5 heteroatoms. The summed E-state index contributed by atoms with van der Waals surface area (Å²) >= 11 is 0. The number of phenolic OH excluding ortho intramolecular Hbond substituents is 1. The molecule has 0 aliphatic carbocycles. The number of amides is 1. The first-order chi connectivity index (χ1) is 11.1. The molecule has 0 unspecified atom stereocenters. The Balaban J connectivity index is 2.20. The van der Waals surface area contributed by atoms with Crippen LogP contribution in [0.5, 0.6) is 5.75 Å². The van der Waals surface area contributed by atoms with Gasteiger partial charge in [0.05, 0.1) is 0 Å². The van der Waals surface area contributed by atoms with E-state index < -0.39 is 5.91 Å². The predicted octanol–water partition coefficient (Wildman–Crippen LogP) is 3.26. The van der Waals surface area contributed by atoms with Crippen LogP contribution in [0, 0.1) is 11.3 Å². The first kappa shape index (κ1) is 16.1. The Labute approximate surface area is 135 Å². The van der Waals surface area contributed by atoms with Gasteiger partial charge in [-0.3, -0.25) is 4.79 Å². The van der Waals surface area contributed by atoms with E-state index >= 15 is 0 Å². The number of nitrogens with one attached hydrogen (secondary N) is 1. The fraction of sp³-hybridized carbons (Fsp3) is 0.111. The number of nitriles is 1. The van der Waals surface area contributed by atoms with Crippen LogP contribution in [0.4, 0.5) is 11.4 Å². The number of rotatable bonds is 5. The van der Waals surface area contributed by atoms with E-state index in [-0.39, 0.29) is 11.3 Å². The van der Waals surface area contributed by atoms with Crippen molar-refractivity contribution < 1.29 is 9.90 Å². The fourth-order valence-electron chi connectivity index (χ4n) is 2.04. The summed E-state index contributed by atoms with van der Waals surface area (Å²) in [6.07, 6.45) is 1.52. The van der Waals surface area contributed by atoms with Gasteiger partial charge in [0.1, 0.15) is 17.4 Å². The van der Waals surface area contributed by atoms with E-state index in [1.54, 1.807) is 12.1 Å². The lowest BCUT2D eigenvalue weighted by molar-refractivity contribution is -0.112. The highest BCUT2D eigenvalue weighted by molar-refractivity contribution is 6.06. The highest BCUT2D eigenvalue weighted by Gasteiger charge is 2.12. The van der Waals surface area contributed by atoms with Gasteiger partial charge in [0.2, 0.25) is 0 Å². The first-order valence-electron chi connectivity index (χ1n) is 7.18. The molecule has 0 atom stereocenters. The molecule has 23 heavy (non-hydrogen) atoms. The lowest BCUT2D eigenvalue weighted by Gasteiger charge is -2.18. The number of nitrogens with zero attached hydrogens (tertiary/aromatic N) is 2. The van der Waals surface area contributed by atoms with Crippen molar-refractivity contribution in [1.29, 1.82) is 5.26 Å². The summed E-state index contributed by atoms with van der Waals surface area (Å²) in [6.45, 7) is 2.56. The smallest absolute Gasteiger partial charge is 0.267 e.